The summed E-state index contributed by atoms with van der Waals surface area (Å²) in [6.45, 7) is 12.2. The maximum atomic E-state index is 13.4. The third-order valence-electron chi connectivity index (χ3n) is 7.69. The van der Waals surface area contributed by atoms with Crippen LogP contribution in [0.5, 0.6) is 11.5 Å². The summed E-state index contributed by atoms with van der Waals surface area (Å²) in [6.07, 6.45) is 4.78. The molecule has 0 saturated carbocycles. The number of fused-ring (bicyclic) bond motifs is 1. The number of benzene rings is 2. The van der Waals surface area contributed by atoms with Gasteiger partial charge in [-0.3, -0.25) is 9.59 Å². The zero-order valence-electron chi connectivity index (χ0n) is 23.7. The lowest BCUT2D eigenvalue weighted by atomic mass is 9.94. The molecule has 0 unspecified atom stereocenters. The molecular weight excluding hydrogens is 492 g/mol. The second-order valence-corrected chi connectivity index (χ2v) is 10.5. The maximum absolute atomic E-state index is 13.4. The second kappa shape index (κ2) is 13.2. The maximum Gasteiger partial charge on any atom is 0.295 e. The molecule has 4 rings (SSSR count). The molecule has 2 aromatic rings. The minimum absolute atomic E-state index is 0.0662. The van der Waals surface area contributed by atoms with Crippen LogP contribution in [0.25, 0.3) is 5.76 Å². The Kier molecular flexibility index (Phi) is 9.68. The lowest BCUT2D eigenvalue weighted by Gasteiger charge is -2.27. The molecule has 0 bridgehead atoms. The molecule has 1 N–H and O–H groups in total. The van der Waals surface area contributed by atoms with E-state index in [-0.39, 0.29) is 17.4 Å². The molecule has 1 saturated heterocycles. The number of aliphatic hydroxyl groups excluding tert-OH is 1. The predicted octanol–water partition coefficient (Wildman–Crippen LogP) is 5.73. The number of hydrogen-bond donors (Lipinski definition) is 1. The summed E-state index contributed by atoms with van der Waals surface area (Å²) in [5, 5.41) is 11.5. The van der Waals surface area contributed by atoms with Crippen LogP contribution in [0.2, 0.25) is 0 Å². The Bertz CT molecular complexity index is 1190. The minimum Gasteiger partial charge on any atom is -0.507 e. The Hall–Kier alpha value is -3.32. The number of unbranched alkanes of at least 4 members (excludes halogenated alkanes) is 2. The molecule has 2 aliphatic heterocycles. The minimum atomic E-state index is -0.667. The summed E-state index contributed by atoms with van der Waals surface area (Å²) in [5.74, 6) is 0.180. The Morgan fingerprint density at radius 2 is 1.79 bits per heavy atom. The topological polar surface area (TPSA) is 79.3 Å². The summed E-state index contributed by atoms with van der Waals surface area (Å²) in [7, 11) is 0. The van der Waals surface area contributed by atoms with Crippen LogP contribution >= 0.6 is 0 Å². The van der Waals surface area contributed by atoms with Crippen LogP contribution in [0.15, 0.2) is 48.0 Å². The SMILES string of the molecule is CCCCCOc1ccc([C@@H]2/C(=C(\O)c3ccc4c(c3)C[C@@H](C)O4)C(=O)C(=O)N2CCCN(CC)CC)cc1. The van der Waals surface area contributed by atoms with Crippen molar-refractivity contribution in [1.82, 2.24) is 9.80 Å². The molecule has 2 aromatic carbocycles. The van der Waals surface area contributed by atoms with Crippen molar-refractivity contribution < 1.29 is 24.2 Å². The van der Waals surface area contributed by atoms with E-state index in [1.54, 1.807) is 11.0 Å². The fourth-order valence-corrected chi connectivity index (χ4v) is 5.47. The highest BCUT2D eigenvalue weighted by molar-refractivity contribution is 6.46. The van der Waals surface area contributed by atoms with Gasteiger partial charge < -0.3 is 24.4 Å². The van der Waals surface area contributed by atoms with Crippen molar-refractivity contribution in [2.75, 3.05) is 32.8 Å². The molecule has 0 aromatic heterocycles. The van der Waals surface area contributed by atoms with E-state index in [1.807, 2.05) is 43.3 Å². The number of ether oxygens (including phenoxy) is 2. The Morgan fingerprint density at radius 3 is 2.49 bits per heavy atom. The highest BCUT2D eigenvalue weighted by atomic mass is 16.5. The number of nitrogens with zero attached hydrogens (tertiary/aromatic N) is 2. The van der Waals surface area contributed by atoms with Crippen LogP contribution in [0, 0.1) is 0 Å². The van der Waals surface area contributed by atoms with Crippen LogP contribution in [-0.2, 0) is 16.0 Å². The van der Waals surface area contributed by atoms with E-state index in [0.717, 1.165) is 74.4 Å². The fraction of sp³-hybridized carbons (Fsp3) is 0.500. The molecule has 7 heteroatoms. The van der Waals surface area contributed by atoms with Gasteiger partial charge in [0.2, 0.25) is 0 Å². The van der Waals surface area contributed by atoms with E-state index in [4.69, 9.17) is 9.47 Å². The van der Waals surface area contributed by atoms with E-state index in [9.17, 15) is 14.7 Å². The van der Waals surface area contributed by atoms with Crippen LogP contribution in [0.3, 0.4) is 0 Å². The molecule has 0 aliphatic carbocycles. The average molecular weight is 535 g/mol. The van der Waals surface area contributed by atoms with Gasteiger partial charge in [-0.25, -0.2) is 0 Å². The Labute approximate surface area is 232 Å². The number of amides is 1. The number of Topliss-reactive ketones (excluding diaryl/α,β-unsaturated/α-hetero) is 1. The smallest absolute Gasteiger partial charge is 0.295 e. The number of carbonyl (C=O) groups excluding carboxylic acids is 2. The van der Waals surface area contributed by atoms with Crippen molar-refractivity contribution in [3.63, 3.8) is 0 Å². The summed E-state index contributed by atoms with van der Waals surface area (Å²) >= 11 is 0. The van der Waals surface area contributed by atoms with Gasteiger partial charge in [0, 0.05) is 18.5 Å². The number of likely N-dealkylation sites (tertiary alicyclic amines) is 1. The van der Waals surface area contributed by atoms with Crippen molar-refractivity contribution in [1.29, 1.82) is 0 Å². The van der Waals surface area contributed by atoms with Gasteiger partial charge in [-0.15, -0.1) is 0 Å². The van der Waals surface area contributed by atoms with Crippen molar-refractivity contribution in [3.8, 4) is 11.5 Å². The molecule has 1 fully saturated rings. The normalized spacial score (nSPS) is 20.0. The van der Waals surface area contributed by atoms with Crippen molar-refractivity contribution in [2.45, 2.75) is 71.9 Å². The highest BCUT2D eigenvalue weighted by Gasteiger charge is 2.46. The summed E-state index contributed by atoms with van der Waals surface area (Å²) < 4.78 is 11.7. The first-order chi connectivity index (χ1) is 18.9. The lowest BCUT2D eigenvalue weighted by molar-refractivity contribution is -0.140. The van der Waals surface area contributed by atoms with Gasteiger partial charge in [0.05, 0.1) is 18.2 Å². The summed E-state index contributed by atoms with van der Waals surface area (Å²) in [5.41, 5.74) is 2.42. The molecule has 7 nitrogen and oxygen atoms in total. The molecule has 2 aliphatic rings. The van der Waals surface area contributed by atoms with Crippen molar-refractivity contribution in [3.05, 3.63) is 64.7 Å². The van der Waals surface area contributed by atoms with Gasteiger partial charge in [0.15, 0.2) is 0 Å². The summed E-state index contributed by atoms with van der Waals surface area (Å²) in [4.78, 5) is 30.6. The van der Waals surface area contributed by atoms with Gasteiger partial charge in [-0.2, -0.15) is 0 Å². The summed E-state index contributed by atoms with van der Waals surface area (Å²) in [6, 6.07) is 12.3. The van der Waals surface area contributed by atoms with E-state index in [1.165, 1.54) is 0 Å². The zero-order valence-corrected chi connectivity index (χ0v) is 23.7. The van der Waals surface area contributed by atoms with Gasteiger partial charge >= 0.3 is 0 Å². The molecule has 2 heterocycles. The highest BCUT2D eigenvalue weighted by Crippen LogP contribution is 2.41. The molecular formula is C32H42N2O5. The van der Waals surface area contributed by atoms with Gasteiger partial charge in [-0.1, -0.05) is 45.7 Å². The lowest BCUT2D eigenvalue weighted by Crippen LogP contribution is -2.33. The van der Waals surface area contributed by atoms with E-state index < -0.39 is 17.7 Å². The van der Waals surface area contributed by atoms with Crippen LogP contribution in [0.4, 0.5) is 0 Å². The average Bonchev–Trinajstić information content (AvgIpc) is 3.44. The van der Waals surface area contributed by atoms with Gasteiger partial charge in [0.1, 0.15) is 23.4 Å². The molecule has 0 spiro atoms. The number of aliphatic hydroxyl groups is 1. The third kappa shape index (κ3) is 6.47. The molecule has 1 amide bonds. The number of carbonyl (C=O) groups is 2. The Balaban J connectivity index is 1.66. The van der Waals surface area contributed by atoms with Crippen LogP contribution < -0.4 is 9.47 Å². The molecule has 39 heavy (non-hydrogen) atoms. The first-order valence-electron chi connectivity index (χ1n) is 14.4. The van der Waals surface area contributed by atoms with Crippen molar-refractivity contribution in [2.24, 2.45) is 0 Å². The molecule has 2 atom stereocenters. The standard InChI is InChI=1S/C32H42N2O5/c1-5-8-9-19-38-26-14-11-23(12-15-26)29-28(30(35)24-13-16-27-25(21-24)20-22(4)39-27)31(36)32(37)34(29)18-10-17-33(6-2)7-3/h11-16,21-22,29,35H,5-10,17-20H2,1-4H3/b30-28+/t22-,29-/m1/s1. The molecule has 0 radical (unpaired) electrons. The number of ketones is 1. The second-order valence-electron chi connectivity index (χ2n) is 10.5. The van der Waals surface area contributed by atoms with Gasteiger partial charge in [0.25, 0.3) is 11.7 Å². The number of hydrogen-bond acceptors (Lipinski definition) is 6. The van der Waals surface area contributed by atoms with Crippen LogP contribution in [-0.4, -0.2) is 65.5 Å². The fourth-order valence-electron chi connectivity index (χ4n) is 5.47. The quantitative estimate of drug-likeness (QED) is 0.153. The first-order valence-corrected chi connectivity index (χ1v) is 14.4. The van der Waals surface area contributed by atoms with Gasteiger partial charge in [-0.05, 0) is 80.9 Å². The zero-order chi connectivity index (χ0) is 27.9. The monoisotopic (exact) mass is 534 g/mol. The number of rotatable bonds is 13. The molecule has 210 valence electrons. The van der Waals surface area contributed by atoms with Crippen molar-refractivity contribution >= 4 is 17.4 Å². The first kappa shape index (κ1) is 28.7. The van der Waals surface area contributed by atoms with E-state index in [2.05, 4.69) is 25.7 Å². The third-order valence-corrected chi connectivity index (χ3v) is 7.69. The van der Waals surface area contributed by atoms with E-state index in [0.29, 0.717) is 18.7 Å². The van der Waals surface area contributed by atoms with E-state index >= 15 is 0 Å². The van der Waals surface area contributed by atoms with Crippen LogP contribution in [0.1, 0.15) is 76.1 Å². The Morgan fingerprint density at radius 1 is 1.05 bits per heavy atom. The predicted molar refractivity (Wildman–Crippen MR) is 153 cm³/mol. The largest absolute Gasteiger partial charge is 0.507 e.